The molecule has 0 amide bonds. The first-order valence-corrected chi connectivity index (χ1v) is 7.67. The van der Waals surface area contributed by atoms with Gasteiger partial charge in [-0.1, -0.05) is 19.1 Å². The van der Waals surface area contributed by atoms with Gasteiger partial charge < -0.3 is 0 Å². The molecule has 108 valence electrons. The first-order chi connectivity index (χ1) is 9.46. The number of benzene rings is 1. The Morgan fingerprint density at radius 2 is 2.00 bits per heavy atom. The van der Waals surface area contributed by atoms with E-state index in [0.29, 0.717) is 6.54 Å². The van der Waals surface area contributed by atoms with Gasteiger partial charge in [-0.3, -0.25) is 5.10 Å². The van der Waals surface area contributed by atoms with Crippen molar-refractivity contribution in [3.05, 3.63) is 48.0 Å². The van der Waals surface area contributed by atoms with E-state index in [4.69, 9.17) is 0 Å². The van der Waals surface area contributed by atoms with Crippen molar-refractivity contribution < 1.29 is 12.8 Å². The van der Waals surface area contributed by atoms with E-state index < -0.39 is 10.0 Å². The van der Waals surface area contributed by atoms with Gasteiger partial charge in [-0.05, 0) is 24.6 Å². The van der Waals surface area contributed by atoms with Gasteiger partial charge in [-0.25, -0.2) is 12.8 Å². The quantitative estimate of drug-likeness (QED) is 0.921. The molecule has 0 fully saturated rings. The zero-order chi connectivity index (χ0) is 14.8. The molecule has 1 aromatic carbocycles. The highest BCUT2D eigenvalue weighted by molar-refractivity contribution is 7.89. The van der Waals surface area contributed by atoms with E-state index >= 15 is 0 Å². The fourth-order valence-electron chi connectivity index (χ4n) is 2.08. The van der Waals surface area contributed by atoms with Crippen molar-refractivity contribution >= 4 is 10.0 Å². The van der Waals surface area contributed by atoms with E-state index in [-0.39, 0.29) is 16.8 Å². The number of hydrogen-bond donors (Lipinski definition) is 1. The van der Waals surface area contributed by atoms with E-state index in [9.17, 15) is 12.8 Å². The molecule has 1 unspecified atom stereocenters. The maximum Gasteiger partial charge on any atom is 0.246 e. The van der Waals surface area contributed by atoms with Crippen LogP contribution in [0, 0.1) is 5.82 Å². The van der Waals surface area contributed by atoms with Crippen molar-refractivity contribution in [3.8, 4) is 0 Å². The van der Waals surface area contributed by atoms with Gasteiger partial charge in [0.15, 0.2) is 0 Å². The fraction of sp³-hybridized carbons (Fsp3) is 0.308. The lowest BCUT2D eigenvalue weighted by Gasteiger charge is -2.26. The molecule has 5 nitrogen and oxygen atoms in total. The van der Waals surface area contributed by atoms with Crippen LogP contribution in [0.4, 0.5) is 4.39 Å². The average Bonchev–Trinajstić information content (AvgIpc) is 2.94. The lowest BCUT2D eigenvalue weighted by Crippen LogP contribution is -2.33. The van der Waals surface area contributed by atoms with Gasteiger partial charge in [-0.15, -0.1) is 0 Å². The maximum atomic E-state index is 12.9. The number of sulfonamides is 1. The normalized spacial score (nSPS) is 13.6. The predicted octanol–water partition coefficient (Wildman–Crippen LogP) is 2.32. The summed E-state index contributed by atoms with van der Waals surface area (Å²) in [6, 6.07) is 5.44. The third-order valence-corrected chi connectivity index (χ3v) is 5.19. The summed E-state index contributed by atoms with van der Waals surface area (Å²) in [6.07, 6.45) is 2.62. The van der Waals surface area contributed by atoms with Gasteiger partial charge in [0.1, 0.15) is 10.7 Å². The van der Waals surface area contributed by atoms with E-state index in [1.165, 1.54) is 28.8 Å². The smallest absolute Gasteiger partial charge is 0.246 e. The molecule has 0 saturated heterocycles. The standard InChI is InChI=1S/C13H16FN3O2S/c1-3-17(20(18,19)13-8-15-16-9-13)10(2)11-4-6-12(14)7-5-11/h4-10H,3H2,1-2H3,(H,15,16). The summed E-state index contributed by atoms with van der Waals surface area (Å²) in [4.78, 5) is 0.119. The predicted molar refractivity (Wildman–Crippen MR) is 73.0 cm³/mol. The molecule has 7 heteroatoms. The van der Waals surface area contributed by atoms with Crippen LogP contribution in [-0.2, 0) is 10.0 Å². The van der Waals surface area contributed by atoms with Crippen LogP contribution in [0.5, 0.6) is 0 Å². The van der Waals surface area contributed by atoms with Gasteiger partial charge in [-0.2, -0.15) is 9.40 Å². The average molecular weight is 297 g/mol. The topological polar surface area (TPSA) is 66.1 Å². The maximum absolute atomic E-state index is 12.9. The molecule has 1 aromatic heterocycles. The molecule has 0 radical (unpaired) electrons. The third kappa shape index (κ3) is 2.73. The summed E-state index contributed by atoms with van der Waals surface area (Å²) in [5, 5.41) is 6.16. The summed E-state index contributed by atoms with van der Waals surface area (Å²) >= 11 is 0. The largest absolute Gasteiger partial charge is 0.284 e. The number of aromatic amines is 1. The minimum Gasteiger partial charge on any atom is -0.284 e. The lowest BCUT2D eigenvalue weighted by molar-refractivity contribution is 0.357. The number of nitrogens with zero attached hydrogens (tertiary/aromatic N) is 2. The van der Waals surface area contributed by atoms with Crippen LogP contribution >= 0.6 is 0 Å². The van der Waals surface area contributed by atoms with Crippen LogP contribution in [0.2, 0.25) is 0 Å². The molecule has 0 aliphatic heterocycles. The SMILES string of the molecule is CCN(C(C)c1ccc(F)cc1)S(=O)(=O)c1cn[nH]c1. The highest BCUT2D eigenvalue weighted by atomic mass is 32.2. The van der Waals surface area contributed by atoms with Gasteiger partial charge in [0.2, 0.25) is 10.0 Å². The molecule has 0 spiro atoms. The molecule has 1 atom stereocenters. The van der Waals surface area contributed by atoms with Crippen molar-refractivity contribution in [2.75, 3.05) is 6.54 Å². The Hall–Kier alpha value is -1.73. The second-order valence-electron chi connectivity index (χ2n) is 4.37. The van der Waals surface area contributed by atoms with E-state index in [0.717, 1.165) is 5.56 Å². The summed E-state index contributed by atoms with van der Waals surface area (Å²) in [6.45, 7) is 3.85. The Kier molecular flexibility index (Phi) is 4.20. The summed E-state index contributed by atoms with van der Waals surface area (Å²) in [7, 11) is -3.62. The molecular formula is C13H16FN3O2S. The first-order valence-electron chi connectivity index (χ1n) is 6.23. The highest BCUT2D eigenvalue weighted by Gasteiger charge is 2.29. The molecule has 2 aromatic rings. The Balaban J connectivity index is 2.35. The van der Waals surface area contributed by atoms with Gasteiger partial charge in [0, 0.05) is 18.8 Å². The molecule has 0 saturated carbocycles. The molecule has 0 aliphatic carbocycles. The number of nitrogens with one attached hydrogen (secondary N) is 1. The van der Waals surface area contributed by atoms with E-state index in [1.54, 1.807) is 26.0 Å². The Morgan fingerprint density at radius 1 is 1.35 bits per heavy atom. The highest BCUT2D eigenvalue weighted by Crippen LogP contribution is 2.26. The second-order valence-corrected chi connectivity index (χ2v) is 6.26. The van der Waals surface area contributed by atoms with E-state index in [1.807, 2.05) is 0 Å². The zero-order valence-corrected chi connectivity index (χ0v) is 12.1. The third-order valence-electron chi connectivity index (χ3n) is 3.18. The minimum atomic E-state index is -3.62. The number of hydrogen-bond acceptors (Lipinski definition) is 3. The fourth-order valence-corrected chi connectivity index (χ4v) is 3.61. The minimum absolute atomic E-state index is 0.119. The monoisotopic (exact) mass is 297 g/mol. The van der Waals surface area contributed by atoms with Crippen LogP contribution in [0.15, 0.2) is 41.6 Å². The van der Waals surface area contributed by atoms with Crippen molar-refractivity contribution in [1.82, 2.24) is 14.5 Å². The number of rotatable bonds is 5. The van der Waals surface area contributed by atoms with Crippen LogP contribution < -0.4 is 0 Å². The Morgan fingerprint density at radius 3 is 2.50 bits per heavy atom. The lowest BCUT2D eigenvalue weighted by atomic mass is 10.1. The van der Waals surface area contributed by atoms with Gasteiger partial charge in [0.05, 0.1) is 6.20 Å². The van der Waals surface area contributed by atoms with Crippen molar-refractivity contribution in [2.45, 2.75) is 24.8 Å². The molecule has 0 bridgehead atoms. The van der Waals surface area contributed by atoms with E-state index in [2.05, 4.69) is 10.2 Å². The van der Waals surface area contributed by atoms with Crippen LogP contribution in [0.1, 0.15) is 25.5 Å². The Bertz CT molecular complexity index is 653. The number of aromatic nitrogens is 2. The Labute approximate surface area is 117 Å². The van der Waals surface area contributed by atoms with Gasteiger partial charge >= 0.3 is 0 Å². The van der Waals surface area contributed by atoms with Crippen LogP contribution in [0.3, 0.4) is 0 Å². The number of halogens is 1. The van der Waals surface area contributed by atoms with Crippen molar-refractivity contribution in [3.63, 3.8) is 0 Å². The molecular weight excluding hydrogens is 281 g/mol. The summed E-state index contributed by atoms with van der Waals surface area (Å²) in [5.41, 5.74) is 0.736. The molecule has 20 heavy (non-hydrogen) atoms. The van der Waals surface area contributed by atoms with Crippen molar-refractivity contribution in [1.29, 1.82) is 0 Å². The molecule has 1 N–H and O–H groups in total. The zero-order valence-electron chi connectivity index (χ0n) is 11.2. The van der Waals surface area contributed by atoms with Gasteiger partial charge in [0.25, 0.3) is 0 Å². The first kappa shape index (κ1) is 14.7. The molecule has 1 heterocycles. The molecule has 0 aliphatic rings. The second kappa shape index (κ2) is 5.72. The summed E-state index contributed by atoms with van der Waals surface area (Å²) < 4.78 is 39.3. The van der Waals surface area contributed by atoms with Crippen LogP contribution in [-0.4, -0.2) is 29.5 Å². The van der Waals surface area contributed by atoms with Crippen molar-refractivity contribution in [2.24, 2.45) is 0 Å². The number of H-pyrrole nitrogens is 1. The summed E-state index contributed by atoms with van der Waals surface area (Å²) in [5.74, 6) is -0.346. The molecule has 2 rings (SSSR count). The van der Waals surface area contributed by atoms with Crippen LogP contribution in [0.25, 0.3) is 0 Å².